The second-order valence-corrected chi connectivity index (χ2v) is 5.90. The van der Waals surface area contributed by atoms with Gasteiger partial charge in [-0.15, -0.1) is 0 Å². The van der Waals surface area contributed by atoms with Crippen molar-refractivity contribution in [1.82, 2.24) is 9.80 Å². The van der Waals surface area contributed by atoms with E-state index < -0.39 is 0 Å². The molecule has 5 heteroatoms. The average molecular weight is 291 g/mol. The first-order valence-corrected chi connectivity index (χ1v) is 7.65. The Kier molecular flexibility index (Phi) is 4.10. The molecule has 0 aromatic heterocycles. The topological polar surface area (TPSA) is 26.8 Å². The predicted octanol–water partition coefficient (Wildman–Crippen LogP) is 1.57. The lowest BCUT2D eigenvalue weighted by molar-refractivity contribution is -0.135. The highest BCUT2D eigenvalue weighted by Gasteiger charge is 2.32. The highest BCUT2D eigenvalue weighted by atomic mass is 19.1. The second kappa shape index (κ2) is 6.02. The molecule has 2 fully saturated rings. The summed E-state index contributed by atoms with van der Waals surface area (Å²) in [6.45, 7) is 3.76. The largest absolute Gasteiger partial charge is 0.366 e. The molecule has 0 saturated carbocycles. The van der Waals surface area contributed by atoms with Crippen LogP contribution in [0.15, 0.2) is 24.3 Å². The van der Waals surface area contributed by atoms with E-state index in [4.69, 9.17) is 0 Å². The van der Waals surface area contributed by atoms with E-state index in [1.54, 1.807) is 12.1 Å². The lowest BCUT2D eigenvalue weighted by Gasteiger charge is -2.38. The summed E-state index contributed by atoms with van der Waals surface area (Å²) >= 11 is 0. The first-order valence-electron chi connectivity index (χ1n) is 7.65. The van der Waals surface area contributed by atoms with Crippen molar-refractivity contribution in [2.75, 3.05) is 44.7 Å². The van der Waals surface area contributed by atoms with Crippen LogP contribution in [0.4, 0.5) is 10.1 Å². The van der Waals surface area contributed by atoms with Gasteiger partial charge < -0.3 is 9.80 Å². The number of benzene rings is 1. The van der Waals surface area contributed by atoms with Crippen LogP contribution in [-0.4, -0.2) is 61.5 Å². The Balaban J connectivity index is 1.60. The molecule has 3 rings (SSSR count). The first-order chi connectivity index (χ1) is 10.2. The summed E-state index contributed by atoms with van der Waals surface area (Å²) < 4.78 is 13.8. The van der Waals surface area contributed by atoms with Gasteiger partial charge in [0, 0.05) is 26.2 Å². The van der Waals surface area contributed by atoms with Crippen LogP contribution in [0.3, 0.4) is 0 Å². The number of carbonyl (C=O) groups is 1. The average Bonchev–Trinajstić information content (AvgIpc) is 2.93. The zero-order valence-electron chi connectivity index (χ0n) is 12.5. The molecule has 2 aliphatic heterocycles. The fourth-order valence-electron chi connectivity index (χ4n) is 3.31. The Morgan fingerprint density at radius 1 is 1.14 bits per heavy atom. The van der Waals surface area contributed by atoms with Crippen LogP contribution < -0.4 is 4.90 Å². The highest BCUT2D eigenvalue weighted by Crippen LogP contribution is 2.22. The van der Waals surface area contributed by atoms with Crippen LogP contribution in [0.2, 0.25) is 0 Å². The van der Waals surface area contributed by atoms with E-state index in [2.05, 4.69) is 4.90 Å². The van der Waals surface area contributed by atoms with E-state index in [0.717, 1.165) is 19.4 Å². The van der Waals surface area contributed by atoms with Crippen molar-refractivity contribution in [2.45, 2.75) is 18.9 Å². The Bertz CT molecular complexity index is 514. The smallest absolute Gasteiger partial charge is 0.240 e. The molecule has 2 aliphatic rings. The van der Waals surface area contributed by atoms with Gasteiger partial charge >= 0.3 is 0 Å². The van der Waals surface area contributed by atoms with Gasteiger partial charge in [-0.3, -0.25) is 9.69 Å². The van der Waals surface area contributed by atoms with Gasteiger partial charge in [-0.2, -0.15) is 0 Å². The van der Waals surface area contributed by atoms with Gasteiger partial charge in [0.2, 0.25) is 5.91 Å². The summed E-state index contributed by atoms with van der Waals surface area (Å²) in [4.78, 5) is 18.6. The van der Waals surface area contributed by atoms with E-state index in [-0.39, 0.29) is 17.8 Å². The molecule has 2 heterocycles. The first kappa shape index (κ1) is 14.3. The highest BCUT2D eigenvalue weighted by molar-refractivity contribution is 5.82. The molecule has 0 radical (unpaired) electrons. The molecule has 0 bridgehead atoms. The molecule has 4 nitrogen and oxygen atoms in total. The molecule has 1 atom stereocenters. The standard InChI is InChI=1S/C16H22FN3O/c1-18-8-4-7-15(18)16(21)20-11-9-19(10-12-20)14-6-3-2-5-13(14)17/h2-3,5-6,15H,4,7-12H2,1H3. The third-order valence-corrected chi connectivity index (χ3v) is 4.59. The number of hydrogen-bond donors (Lipinski definition) is 0. The van der Waals surface area contributed by atoms with Gasteiger partial charge in [-0.05, 0) is 38.6 Å². The number of halogens is 1. The lowest BCUT2D eigenvalue weighted by atomic mass is 10.1. The van der Waals surface area contributed by atoms with Crippen LogP contribution >= 0.6 is 0 Å². The Labute approximate surface area is 125 Å². The van der Waals surface area contributed by atoms with Gasteiger partial charge in [0.1, 0.15) is 5.82 Å². The molecule has 0 aliphatic carbocycles. The van der Waals surface area contributed by atoms with Crippen LogP contribution in [0.5, 0.6) is 0 Å². The maximum absolute atomic E-state index is 13.8. The molecule has 0 N–H and O–H groups in total. The van der Waals surface area contributed by atoms with Gasteiger partial charge in [0.15, 0.2) is 0 Å². The Hall–Kier alpha value is -1.62. The van der Waals surface area contributed by atoms with Gasteiger partial charge in [-0.1, -0.05) is 12.1 Å². The van der Waals surface area contributed by atoms with Crippen molar-refractivity contribution < 1.29 is 9.18 Å². The third-order valence-electron chi connectivity index (χ3n) is 4.59. The summed E-state index contributed by atoms with van der Waals surface area (Å²) in [7, 11) is 2.02. The van der Waals surface area contributed by atoms with E-state index in [1.807, 2.05) is 22.9 Å². The van der Waals surface area contributed by atoms with Crippen LogP contribution in [0.1, 0.15) is 12.8 Å². The summed E-state index contributed by atoms with van der Waals surface area (Å²) in [5, 5.41) is 0. The molecule has 0 spiro atoms. The summed E-state index contributed by atoms with van der Waals surface area (Å²) in [6.07, 6.45) is 2.06. The minimum Gasteiger partial charge on any atom is -0.366 e. The summed E-state index contributed by atoms with van der Waals surface area (Å²) in [6, 6.07) is 6.89. The maximum atomic E-state index is 13.8. The summed E-state index contributed by atoms with van der Waals surface area (Å²) in [5.41, 5.74) is 0.641. The molecule has 21 heavy (non-hydrogen) atoms. The van der Waals surface area contributed by atoms with E-state index in [1.165, 1.54) is 6.07 Å². The minimum atomic E-state index is -0.187. The Morgan fingerprint density at radius 3 is 2.48 bits per heavy atom. The van der Waals surface area contributed by atoms with E-state index in [0.29, 0.717) is 31.9 Å². The maximum Gasteiger partial charge on any atom is 0.240 e. The van der Waals surface area contributed by atoms with Crippen LogP contribution in [0.25, 0.3) is 0 Å². The number of likely N-dealkylation sites (N-methyl/N-ethyl adjacent to an activating group) is 1. The number of anilines is 1. The zero-order valence-corrected chi connectivity index (χ0v) is 12.5. The number of piperazine rings is 1. The van der Waals surface area contributed by atoms with Crippen LogP contribution in [-0.2, 0) is 4.79 Å². The zero-order chi connectivity index (χ0) is 14.8. The van der Waals surface area contributed by atoms with E-state index in [9.17, 15) is 9.18 Å². The molecule has 114 valence electrons. The number of nitrogens with zero attached hydrogens (tertiary/aromatic N) is 3. The normalized spacial score (nSPS) is 23.6. The van der Waals surface area contributed by atoms with Gasteiger partial charge in [0.25, 0.3) is 0 Å². The number of para-hydroxylation sites is 1. The SMILES string of the molecule is CN1CCCC1C(=O)N1CCN(c2ccccc2F)CC1. The molecule has 1 aromatic carbocycles. The number of likely N-dealkylation sites (tertiary alicyclic amines) is 1. The predicted molar refractivity (Wildman–Crippen MR) is 80.8 cm³/mol. The molecule has 1 aromatic rings. The molecule has 2 saturated heterocycles. The fourth-order valence-corrected chi connectivity index (χ4v) is 3.31. The summed E-state index contributed by atoms with van der Waals surface area (Å²) in [5.74, 6) is 0.0518. The van der Waals surface area contributed by atoms with Crippen LogP contribution in [0, 0.1) is 5.82 Å². The monoisotopic (exact) mass is 291 g/mol. The third kappa shape index (κ3) is 2.88. The van der Waals surface area contributed by atoms with Crippen molar-refractivity contribution >= 4 is 11.6 Å². The number of amides is 1. The second-order valence-electron chi connectivity index (χ2n) is 5.90. The van der Waals surface area contributed by atoms with Crippen molar-refractivity contribution in [1.29, 1.82) is 0 Å². The van der Waals surface area contributed by atoms with E-state index >= 15 is 0 Å². The van der Waals surface area contributed by atoms with Crippen molar-refractivity contribution in [3.63, 3.8) is 0 Å². The number of hydrogen-bond acceptors (Lipinski definition) is 3. The molecule has 1 amide bonds. The van der Waals surface area contributed by atoms with Crippen molar-refractivity contribution in [2.24, 2.45) is 0 Å². The lowest BCUT2D eigenvalue weighted by Crippen LogP contribution is -2.53. The fraction of sp³-hybridized carbons (Fsp3) is 0.562. The molecule has 1 unspecified atom stereocenters. The quantitative estimate of drug-likeness (QED) is 0.827. The minimum absolute atomic E-state index is 0.0463. The molecular formula is C16H22FN3O. The Morgan fingerprint density at radius 2 is 1.86 bits per heavy atom. The number of rotatable bonds is 2. The number of carbonyl (C=O) groups excluding carboxylic acids is 1. The van der Waals surface area contributed by atoms with Crippen molar-refractivity contribution in [3.8, 4) is 0 Å². The van der Waals surface area contributed by atoms with Gasteiger partial charge in [-0.25, -0.2) is 4.39 Å². The van der Waals surface area contributed by atoms with Crippen molar-refractivity contribution in [3.05, 3.63) is 30.1 Å². The van der Waals surface area contributed by atoms with Gasteiger partial charge in [0.05, 0.1) is 11.7 Å². The molecular weight excluding hydrogens is 269 g/mol.